The predicted octanol–water partition coefficient (Wildman–Crippen LogP) is 7.11. The van der Waals surface area contributed by atoms with E-state index in [-0.39, 0.29) is 25.6 Å². The first-order chi connectivity index (χ1) is 16.7. The van der Waals surface area contributed by atoms with Gasteiger partial charge in [0, 0.05) is 23.4 Å². The minimum absolute atomic E-state index is 0. The van der Waals surface area contributed by atoms with Crippen molar-refractivity contribution >= 4 is 39.5 Å². The van der Waals surface area contributed by atoms with E-state index in [0.717, 1.165) is 16.3 Å². The standard InChI is InChI=1S/C28H29ClN2O4.Zn/c1-18(33-5)9-8-14-34-21-12-13-24-20(15-21)17-25(31(24)27(32)35-28(2,3)4)22-16-19-10-6-7-11-23(19)30-26(22)29;/h6-8,10-13,15-18H,1,9,14H2,2-5H3;/q-2;+2/t18-;/m0./s1. The molecule has 6 nitrogen and oxygen atoms in total. The summed E-state index contributed by atoms with van der Waals surface area (Å²) < 4.78 is 18.3. The molecule has 1 atom stereocenters. The van der Waals surface area contributed by atoms with E-state index in [9.17, 15) is 4.79 Å². The number of rotatable bonds is 7. The van der Waals surface area contributed by atoms with Gasteiger partial charge in [-0.15, -0.1) is 0 Å². The number of hydrogen-bond acceptors (Lipinski definition) is 5. The van der Waals surface area contributed by atoms with Crippen LogP contribution in [0.2, 0.25) is 5.15 Å². The maximum Gasteiger partial charge on any atom is 2.00 e. The van der Waals surface area contributed by atoms with Gasteiger partial charge in [-0.05, 0) is 63.8 Å². The van der Waals surface area contributed by atoms with Gasteiger partial charge in [0.25, 0.3) is 0 Å². The van der Waals surface area contributed by atoms with Gasteiger partial charge >= 0.3 is 25.6 Å². The van der Waals surface area contributed by atoms with Gasteiger partial charge in [0.2, 0.25) is 0 Å². The van der Waals surface area contributed by atoms with Gasteiger partial charge in [0.05, 0.1) is 16.7 Å². The first kappa shape index (κ1) is 28.1. The molecule has 0 aliphatic carbocycles. The van der Waals surface area contributed by atoms with Crippen molar-refractivity contribution in [2.75, 3.05) is 13.7 Å². The predicted molar refractivity (Wildman–Crippen MR) is 140 cm³/mol. The summed E-state index contributed by atoms with van der Waals surface area (Å²) in [4.78, 5) is 17.9. The van der Waals surface area contributed by atoms with E-state index in [1.54, 1.807) is 11.7 Å². The molecule has 0 aliphatic rings. The van der Waals surface area contributed by atoms with E-state index in [0.29, 0.717) is 40.7 Å². The molecule has 184 valence electrons. The van der Waals surface area contributed by atoms with Crippen LogP contribution in [-0.4, -0.2) is 41.1 Å². The zero-order valence-electron chi connectivity index (χ0n) is 21.1. The molecule has 0 saturated carbocycles. The number of para-hydroxylation sites is 1. The van der Waals surface area contributed by atoms with Crippen molar-refractivity contribution in [3.05, 3.63) is 73.1 Å². The Bertz CT molecular complexity index is 1360. The zero-order valence-corrected chi connectivity index (χ0v) is 24.8. The number of methoxy groups -OCH3 is 1. The van der Waals surface area contributed by atoms with Crippen LogP contribution in [-0.2, 0) is 29.0 Å². The van der Waals surface area contributed by atoms with Gasteiger partial charge in [-0.1, -0.05) is 35.9 Å². The fourth-order valence-corrected chi connectivity index (χ4v) is 4.01. The second kappa shape index (κ2) is 11.7. The monoisotopic (exact) mass is 556 g/mol. The number of carbonyl (C=O) groups is 1. The maximum atomic E-state index is 13.3. The zero-order chi connectivity index (χ0) is 25.2. The Hall–Kier alpha value is -2.47. The number of carbonyl (C=O) groups excluding carboxylic acids is 1. The van der Waals surface area contributed by atoms with Gasteiger partial charge in [-0.2, -0.15) is 6.42 Å². The Morgan fingerprint density at radius 3 is 2.61 bits per heavy atom. The molecular weight excluding hydrogens is 529 g/mol. The quantitative estimate of drug-likeness (QED) is 0.105. The largest absolute Gasteiger partial charge is 2.00 e. The second-order valence-electron chi connectivity index (χ2n) is 9.28. The van der Waals surface area contributed by atoms with Crippen LogP contribution in [0.5, 0.6) is 5.75 Å². The number of benzene rings is 2. The average molecular weight is 558 g/mol. The Labute approximate surface area is 229 Å². The average Bonchev–Trinajstić information content (AvgIpc) is 3.18. The normalized spacial score (nSPS) is 12.4. The summed E-state index contributed by atoms with van der Waals surface area (Å²) in [6.45, 7) is 9.81. The van der Waals surface area contributed by atoms with Crippen molar-refractivity contribution in [2.24, 2.45) is 0 Å². The Morgan fingerprint density at radius 2 is 1.89 bits per heavy atom. The Balaban J connectivity index is 0.00000361. The molecule has 0 radical (unpaired) electrons. The van der Waals surface area contributed by atoms with Crippen LogP contribution >= 0.6 is 11.6 Å². The fourth-order valence-electron chi connectivity index (χ4n) is 3.76. The molecule has 4 aromatic rings. The molecule has 0 N–H and O–H groups in total. The van der Waals surface area contributed by atoms with Crippen LogP contribution in [0.15, 0.2) is 54.6 Å². The van der Waals surface area contributed by atoms with E-state index >= 15 is 0 Å². The summed E-state index contributed by atoms with van der Waals surface area (Å²) in [5.74, 6) is 0.683. The van der Waals surface area contributed by atoms with Crippen LogP contribution in [0.3, 0.4) is 0 Å². The van der Waals surface area contributed by atoms with Crippen molar-refractivity contribution < 1.29 is 38.5 Å². The number of pyridine rings is 1. The van der Waals surface area contributed by atoms with Gasteiger partial charge in [-0.25, -0.2) is 14.3 Å². The molecule has 0 fully saturated rings. The summed E-state index contributed by atoms with van der Waals surface area (Å²) in [5, 5.41) is 2.05. The van der Waals surface area contributed by atoms with Crippen molar-refractivity contribution in [3.8, 4) is 17.0 Å². The van der Waals surface area contributed by atoms with Crippen LogP contribution < -0.4 is 4.74 Å². The number of halogens is 1. The smallest absolute Gasteiger partial charge is 0.525 e. The maximum absolute atomic E-state index is 13.3. The van der Waals surface area contributed by atoms with E-state index in [1.165, 1.54) is 0 Å². The minimum atomic E-state index is -0.663. The molecule has 0 bridgehead atoms. The molecule has 36 heavy (non-hydrogen) atoms. The van der Waals surface area contributed by atoms with Crippen molar-refractivity contribution in [3.63, 3.8) is 0 Å². The summed E-state index contributed by atoms with van der Waals surface area (Å²) in [5.41, 5.74) is 2.05. The Morgan fingerprint density at radius 1 is 1.14 bits per heavy atom. The first-order valence-corrected chi connectivity index (χ1v) is 11.8. The molecule has 0 aliphatic heterocycles. The van der Waals surface area contributed by atoms with Crippen LogP contribution in [0.4, 0.5) is 4.79 Å². The van der Waals surface area contributed by atoms with E-state index in [1.807, 2.05) is 81.8 Å². The summed E-state index contributed by atoms with van der Waals surface area (Å²) in [6.07, 6.45) is 2.07. The van der Waals surface area contributed by atoms with Crippen molar-refractivity contribution in [2.45, 2.75) is 38.9 Å². The van der Waals surface area contributed by atoms with Crippen LogP contribution in [0.1, 0.15) is 27.2 Å². The van der Waals surface area contributed by atoms with Crippen LogP contribution in [0, 0.1) is 13.3 Å². The molecule has 2 heterocycles. The number of hydrogen-bond donors (Lipinski definition) is 0. The SMILES string of the molecule is [CH2-][C@@H](C[CH-]COc1ccc2c(c1)cc(-c1cc3ccccc3nc1Cl)n2C(=O)OC(C)(C)C)OC.[Zn+2]. The topological polar surface area (TPSA) is 62.6 Å². The van der Waals surface area contributed by atoms with Gasteiger partial charge in [-0.3, -0.25) is 6.42 Å². The number of aromatic nitrogens is 2. The molecule has 4 rings (SSSR count). The molecule has 2 aromatic heterocycles. The summed E-state index contributed by atoms with van der Waals surface area (Å²) in [7, 11) is 1.63. The number of fused-ring (bicyclic) bond motifs is 2. The molecule has 0 amide bonds. The third-order valence-electron chi connectivity index (χ3n) is 5.43. The van der Waals surface area contributed by atoms with E-state index < -0.39 is 11.7 Å². The van der Waals surface area contributed by atoms with Gasteiger partial charge < -0.3 is 21.1 Å². The second-order valence-corrected chi connectivity index (χ2v) is 9.64. The molecule has 0 unspecified atom stereocenters. The van der Waals surface area contributed by atoms with E-state index in [4.69, 9.17) is 25.8 Å². The first-order valence-electron chi connectivity index (χ1n) is 11.4. The fraction of sp³-hybridized carbons (Fsp3) is 0.286. The third-order valence-corrected chi connectivity index (χ3v) is 5.72. The number of ether oxygens (including phenoxy) is 3. The summed E-state index contributed by atoms with van der Waals surface area (Å²) >= 11 is 6.61. The molecule has 0 spiro atoms. The van der Waals surface area contributed by atoms with E-state index in [2.05, 4.69) is 11.9 Å². The van der Waals surface area contributed by atoms with Gasteiger partial charge in [0.1, 0.15) is 16.5 Å². The van der Waals surface area contributed by atoms with Crippen LogP contribution in [0.25, 0.3) is 33.1 Å². The molecule has 8 heteroatoms. The summed E-state index contributed by atoms with van der Waals surface area (Å²) in [6, 6.07) is 17.1. The Kier molecular flexibility index (Phi) is 9.15. The molecular formula is C28H29ClN2O4Zn. The molecule has 2 aromatic carbocycles. The van der Waals surface area contributed by atoms with Crippen molar-refractivity contribution in [1.29, 1.82) is 0 Å². The number of nitrogens with zero attached hydrogens (tertiary/aromatic N) is 2. The van der Waals surface area contributed by atoms with Crippen molar-refractivity contribution in [1.82, 2.24) is 9.55 Å². The third kappa shape index (κ3) is 6.45. The van der Waals surface area contributed by atoms with Gasteiger partial charge in [0.15, 0.2) is 0 Å². The minimum Gasteiger partial charge on any atom is -0.525 e. The molecule has 0 saturated heterocycles.